The van der Waals surface area contributed by atoms with Crippen molar-refractivity contribution in [2.24, 2.45) is 4.99 Å². The summed E-state index contributed by atoms with van der Waals surface area (Å²) in [5, 5.41) is 0.250. The van der Waals surface area contributed by atoms with Crippen molar-refractivity contribution in [3.05, 3.63) is 75.8 Å². The van der Waals surface area contributed by atoms with Crippen LogP contribution >= 0.6 is 11.3 Å². The number of allylic oxidation sites excluding steroid dienone is 4. The summed E-state index contributed by atoms with van der Waals surface area (Å²) in [7, 11) is 0. The van der Waals surface area contributed by atoms with Gasteiger partial charge in [-0.25, -0.2) is 4.48 Å². The van der Waals surface area contributed by atoms with Crippen molar-refractivity contribution in [1.29, 1.82) is 0 Å². The van der Waals surface area contributed by atoms with Crippen LogP contribution in [-0.2, 0) is 4.74 Å². The number of para-hydroxylation sites is 1. The van der Waals surface area contributed by atoms with Gasteiger partial charge in [-0.3, -0.25) is 4.99 Å². The lowest BCUT2D eigenvalue weighted by atomic mass is 9.89. The number of fused-ring (bicyclic) bond motifs is 3. The quantitative estimate of drug-likeness (QED) is 0.119. The Balaban J connectivity index is 1.69. The minimum Gasteiger partial charge on any atom is -0.432 e. The van der Waals surface area contributed by atoms with Crippen molar-refractivity contribution >= 4 is 44.7 Å². The smallest absolute Gasteiger partial charge is 0.380 e. The Hall–Kier alpha value is -3.11. The van der Waals surface area contributed by atoms with E-state index in [0.29, 0.717) is 42.0 Å². The highest BCUT2D eigenvalue weighted by molar-refractivity contribution is 7.19. The number of piperidine rings is 1. The van der Waals surface area contributed by atoms with Gasteiger partial charge in [0, 0.05) is 57.6 Å². The molecule has 3 heterocycles. The number of halogens is 6. The number of hydrogen-bond donors (Lipinski definition) is 0. The van der Waals surface area contributed by atoms with Gasteiger partial charge in [0.2, 0.25) is 6.23 Å². The molecule has 3 aromatic rings. The Labute approximate surface area is 244 Å². The lowest BCUT2D eigenvalue weighted by Gasteiger charge is -2.44. The third-order valence-corrected chi connectivity index (χ3v) is 9.94. The lowest BCUT2D eigenvalue weighted by Crippen LogP contribution is -2.58. The monoisotopic (exact) mass is 605 g/mol. The molecule has 0 N–H and O–H groups in total. The zero-order valence-electron chi connectivity index (χ0n) is 23.5. The summed E-state index contributed by atoms with van der Waals surface area (Å²) in [6.07, 6.45) is 3.67. The number of nitrogens with zero attached hydrogens (tertiary/aromatic N) is 2. The molecule has 0 bridgehead atoms. The Bertz CT molecular complexity index is 1660. The van der Waals surface area contributed by atoms with Crippen LogP contribution < -0.4 is 4.48 Å². The average molecular weight is 606 g/mol. The fourth-order valence-corrected chi connectivity index (χ4v) is 8.03. The van der Waals surface area contributed by atoms with E-state index >= 15 is 26.3 Å². The minimum absolute atomic E-state index is 0.0307. The molecule has 42 heavy (non-hydrogen) atoms. The number of aliphatic imine (C=N–C) groups is 1. The summed E-state index contributed by atoms with van der Waals surface area (Å²) in [6.45, 7) is 6.06. The third-order valence-electron chi connectivity index (χ3n) is 8.85. The van der Waals surface area contributed by atoms with E-state index in [1.54, 1.807) is 49.4 Å². The highest BCUT2D eigenvalue weighted by Gasteiger charge is 2.81. The van der Waals surface area contributed by atoms with Gasteiger partial charge in [-0.05, 0) is 38.3 Å². The topological polar surface area (TPSA) is 21.6 Å². The molecule has 0 radical (unpaired) electrons. The van der Waals surface area contributed by atoms with Gasteiger partial charge in [-0.15, -0.1) is 11.3 Å². The van der Waals surface area contributed by atoms with E-state index in [9.17, 15) is 0 Å². The van der Waals surface area contributed by atoms with Crippen LogP contribution in [0.5, 0.6) is 0 Å². The molecule has 2 aromatic carbocycles. The van der Waals surface area contributed by atoms with Gasteiger partial charge in [0.1, 0.15) is 11.4 Å². The Morgan fingerprint density at radius 2 is 1.64 bits per heavy atom. The molecule has 1 fully saturated rings. The van der Waals surface area contributed by atoms with Gasteiger partial charge in [0.25, 0.3) is 0 Å². The van der Waals surface area contributed by atoms with Crippen molar-refractivity contribution in [1.82, 2.24) is 4.48 Å². The highest BCUT2D eigenvalue weighted by Crippen LogP contribution is 2.68. The standard InChI is InChI=1S/C32H31F6N2OS/c1-4-16-39-18-41-25-15-9-10-17-40(25)19(2)26(21-11-5-7-13-23(21)40)28-29(31(35,36)32(37,38)30(28,33)34)27-20(3)42-24-14-8-6-12-22(24)27/h5-8,11-14,18,25H,4,9-10,15-17H2,1-3H3/q+1. The first-order chi connectivity index (χ1) is 19.9. The molecule has 2 aliphatic heterocycles. The molecule has 10 heteroatoms. The van der Waals surface area contributed by atoms with Crippen LogP contribution in [0.1, 0.15) is 55.5 Å². The second-order valence-corrected chi connectivity index (χ2v) is 12.4. The third kappa shape index (κ3) is 3.73. The second kappa shape index (κ2) is 9.98. The van der Waals surface area contributed by atoms with E-state index < -0.39 is 35.1 Å². The highest BCUT2D eigenvalue weighted by atomic mass is 32.1. The number of quaternary nitrogens is 1. The van der Waals surface area contributed by atoms with Gasteiger partial charge < -0.3 is 4.74 Å². The van der Waals surface area contributed by atoms with Gasteiger partial charge in [0.05, 0.1) is 17.7 Å². The summed E-state index contributed by atoms with van der Waals surface area (Å²) >= 11 is 1.12. The Morgan fingerprint density at radius 3 is 2.40 bits per heavy atom. The van der Waals surface area contributed by atoms with Crippen molar-refractivity contribution in [3.8, 4) is 0 Å². The summed E-state index contributed by atoms with van der Waals surface area (Å²) in [5.74, 6) is -15.9. The maximum absolute atomic E-state index is 16.1. The number of benzene rings is 2. The van der Waals surface area contributed by atoms with Crippen molar-refractivity contribution in [2.75, 3.05) is 13.1 Å². The van der Waals surface area contributed by atoms with E-state index in [0.717, 1.165) is 24.2 Å². The SMILES string of the molecule is CCCN=COC1CCCC[N+]12C(C)=C(C1=C(c3c(C)sc4ccccc34)C(F)(F)C(F)(F)C1(F)F)c1ccccc12. The first-order valence-corrected chi connectivity index (χ1v) is 14.9. The summed E-state index contributed by atoms with van der Waals surface area (Å²) in [4.78, 5) is 4.54. The van der Waals surface area contributed by atoms with Crippen molar-refractivity contribution in [2.45, 2.75) is 70.4 Å². The fraction of sp³-hybridized carbons (Fsp3) is 0.406. The number of hydrogen-bond acceptors (Lipinski definition) is 3. The molecule has 3 aliphatic rings. The van der Waals surface area contributed by atoms with Crippen molar-refractivity contribution in [3.63, 3.8) is 0 Å². The fourth-order valence-electron chi connectivity index (χ4n) is 6.96. The molecule has 3 nitrogen and oxygen atoms in total. The normalized spacial score (nSPS) is 26.2. The van der Waals surface area contributed by atoms with E-state index in [1.165, 1.54) is 19.4 Å². The molecule has 2 unspecified atom stereocenters. The number of alkyl halides is 6. The summed E-state index contributed by atoms with van der Waals surface area (Å²) < 4.78 is 102. The van der Waals surface area contributed by atoms with Crippen LogP contribution in [0, 0.1) is 6.92 Å². The van der Waals surface area contributed by atoms with Crippen LogP contribution in [0.25, 0.3) is 21.2 Å². The molecular weight excluding hydrogens is 574 g/mol. The summed E-state index contributed by atoms with van der Waals surface area (Å²) in [5.41, 5.74) is -1.98. The van der Waals surface area contributed by atoms with Crippen molar-refractivity contribution < 1.29 is 31.1 Å². The van der Waals surface area contributed by atoms with Gasteiger partial charge in [0.15, 0.2) is 6.40 Å². The number of thiophene rings is 1. The maximum Gasteiger partial charge on any atom is 0.380 e. The molecule has 1 spiro atoms. The van der Waals surface area contributed by atoms with Crippen LogP contribution in [0.4, 0.5) is 32.0 Å². The second-order valence-electron chi connectivity index (χ2n) is 11.2. The zero-order valence-corrected chi connectivity index (χ0v) is 24.3. The zero-order chi connectivity index (χ0) is 30.1. The molecule has 0 amide bonds. The molecule has 6 rings (SSSR count). The lowest BCUT2D eigenvalue weighted by molar-refractivity contribution is -0.258. The van der Waals surface area contributed by atoms with E-state index in [-0.39, 0.29) is 31.4 Å². The van der Waals surface area contributed by atoms with Gasteiger partial charge in [-0.2, -0.15) is 26.3 Å². The van der Waals surface area contributed by atoms with Crippen LogP contribution in [-0.4, -0.2) is 43.5 Å². The first-order valence-electron chi connectivity index (χ1n) is 14.1. The van der Waals surface area contributed by atoms with E-state index in [1.807, 2.05) is 6.92 Å². The van der Waals surface area contributed by atoms with Crippen LogP contribution in [0.3, 0.4) is 0 Å². The number of aryl methyl sites for hydroxylation is 1. The largest absolute Gasteiger partial charge is 0.432 e. The first kappa shape index (κ1) is 29.0. The molecule has 1 aliphatic carbocycles. The van der Waals surface area contributed by atoms with E-state index in [2.05, 4.69) is 4.99 Å². The maximum atomic E-state index is 16.1. The van der Waals surface area contributed by atoms with Crippen LogP contribution in [0.2, 0.25) is 0 Å². The molecule has 0 saturated carbocycles. The molecule has 222 valence electrons. The number of rotatable bonds is 6. The predicted molar refractivity (Wildman–Crippen MR) is 156 cm³/mol. The Morgan fingerprint density at radius 1 is 0.952 bits per heavy atom. The molecule has 1 aromatic heterocycles. The number of ether oxygens (including phenoxy) is 1. The molecule has 2 atom stereocenters. The predicted octanol–water partition coefficient (Wildman–Crippen LogP) is 9.60. The van der Waals surface area contributed by atoms with E-state index in [4.69, 9.17) is 4.74 Å². The molecule has 1 saturated heterocycles. The van der Waals surface area contributed by atoms with Gasteiger partial charge >= 0.3 is 17.8 Å². The summed E-state index contributed by atoms with van der Waals surface area (Å²) in [6, 6.07) is 13.2. The average Bonchev–Trinajstić information content (AvgIpc) is 3.44. The molecular formula is C32H31F6N2OS+. The van der Waals surface area contributed by atoms with Crippen LogP contribution in [0.15, 0.2) is 64.8 Å². The minimum atomic E-state index is -5.64. The van der Waals surface area contributed by atoms with Gasteiger partial charge in [-0.1, -0.05) is 37.3 Å². The Kier molecular flexibility index (Phi) is 6.89.